The number of amides is 2. The molecule has 2 atom stereocenters. The Morgan fingerprint density at radius 3 is 2.19 bits per heavy atom. The maximum absolute atomic E-state index is 12.3. The molecule has 88 valence electrons. The van der Waals surface area contributed by atoms with Crippen LogP contribution in [0.5, 0.6) is 0 Å². The van der Waals surface area contributed by atoms with E-state index in [1.54, 1.807) is 0 Å². The van der Waals surface area contributed by atoms with Gasteiger partial charge in [-0.1, -0.05) is 0 Å². The van der Waals surface area contributed by atoms with Crippen LogP contribution in [0.15, 0.2) is 0 Å². The molecular weight excluding hydrogens is 204 g/mol. The van der Waals surface area contributed by atoms with Crippen LogP contribution in [0.4, 0.5) is 4.79 Å². The van der Waals surface area contributed by atoms with E-state index in [0.29, 0.717) is 18.6 Å². The third-order valence-electron chi connectivity index (χ3n) is 4.14. The highest BCUT2D eigenvalue weighted by Crippen LogP contribution is 2.35. The Balaban J connectivity index is 1.75. The summed E-state index contributed by atoms with van der Waals surface area (Å²) in [5.41, 5.74) is 0. The zero-order valence-electron chi connectivity index (χ0n) is 9.52. The molecule has 0 N–H and O–H groups in total. The SMILES string of the molecule is O=C1CC2CCC(C1)N2C(=O)N1CCCC1. The monoisotopic (exact) mass is 222 g/mol. The normalized spacial score (nSPS) is 33.6. The maximum Gasteiger partial charge on any atom is 0.320 e. The summed E-state index contributed by atoms with van der Waals surface area (Å²) < 4.78 is 0. The number of ketones is 1. The van der Waals surface area contributed by atoms with Gasteiger partial charge in [-0.25, -0.2) is 4.79 Å². The quantitative estimate of drug-likeness (QED) is 0.621. The van der Waals surface area contributed by atoms with Gasteiger partial charge in [-0.3, -0.25) is 4.79 Å². The Morgan fingerprint density at radius 1 is 1.06 bits per heavy atom. The first kappa shape index (κ1) is 10.1. The average Bonchev–Trinajstić information content (AvgIpc) is 2.85. The van der Waals surface area contributed by atoms with Crippen molar-refractivity contribution in [1.82, 2.24) is 9.80 Å². The van der Waals surface area contributed by atoms with Crippen LogP contribution in [-0.2, 0) is 4.79 Å². The lowest BCUT2D eigenvalue weighted by atomic mass is 10.0. The number of likely N-dealkylation sites (tertiary alicyclic amines) is 1. The largest absolute Gasteiger partial charge is 0.325 e. The second-order valence-corrected chi connectivity index (χ2v) is 5.22. The van der Waals surface area contributed by atoms with Crippen LogP contribution in [-0.4, -0.2) is 46.8 Å². The highest BCUT2D eigenvalue weighted by molar-refractivity contribution is 5.85. The molecule has 3 rings (SSSR count). The van der Waals surface area contributed by atoms with Crippen LogP contribution >= 0.6 is 0 Å². The molecule has 0 radical (unpaired) electrons. The highest BCUT2D eigenvalue weighted by Gasteiger charge is 2.44. The number of fused-ring (bicyclic) bond motifs is 2. The Kier molecular flexibility index (Phi) is 2.37. The van der Waals surface area contributed by atoms with Gasteiger partial charge < -0.3 is 9.80 Å². The minimum Gasteiger partial charge on any atom is -0.325 e. The van der Waals surface area contributed by atoms with Crippen molar-refractivity contribution in [3.8, 4) is 0 Å². The molecule has 0 aromatic heterocycles. The standard InChI is InChI=1S/C12H18N2O2/c15-11-7-9-3-4-10(8-11)14(9)12(16)13-5-1-2-6-13/h9-10H,1-8H2. The Labute approximate surface area is 95.6 Å². The molecule has 2 amide bonds. The molecule has 0 spiro atoms. The summed E-state index contributed by atoms with van der Waals surface area (Å²) in [7, 11) is 0. The van der Waals surface area contributed by atoms with Crippen LogP contribution in [0, 0.1) is 0 Å². The van der Waals surface area contributed by atoms with Gasteiger partial charge >= 0.3 is 6.03 Å². The number of carbonyl (C=O) groups excluding carboxylic acids is 2. The van der Waals surface area contributed by atoms with Crippen molar-refractivity contribution < 1.29 is 9.59 Å². The zero-order chi connectivity index (χ0) is 11.1. The number of urea groups is 1. The first-order chi connectivity index (χ1) is 7.75. The van der Waals surface area contributed by atoms with Crippen molar-refractivity contribution in [2.45, 2.75) is 50.6 Å². The van der Waals surface area contributed by atoms with E-state index in [4.69, 9.17) is 0 Å². The van der Waals surface area contributed by atoms with Gasteiger partial charge in [-0.2, -0.15) is 0 Å². The summed E-state index contributed by atoms with van der Waals surface area (Å²) in [6.07, 6.45) is 5.50. The van der Waals surface area contributed by atoms with Gasteiger partial charge in [-0.15, -0.1) is 0 Å². The second kappa shape index (κ2) is 3.75. The Morgan fingerprint density at radius 2 is 1.62 bits per heavy atom. The molecule has 3 aliphatic heterocycles. The number of hydrogen-bond acceptors (Lipinski definition) is 2. The van der Waals surface area contributed by atoms with Gasteiger partial charge in [0.1, 0.15) is 5.78 Å². The fourth-order valence-electron chi connectivity index (χ4n) is 3.35. The molecule has 0 aromatic carbocycles. The van der Waals surface area contributed by atoms with Gasteiger partial charge in [-0.05, 0) is 25.7 Å². The van der Waals surface area contributed by atoms with E-state index in [0.717, 1.165) is 38.8 Å². The summed E-state index contributed by atoms with van der Waals surface area (Å²) in [6, 6.07) is 0.608. The first-order valence-corrected chi connectivity index (χ1v) is 6.34. The van der Waals surface area contributed by atoms with Crippen molar-refractivity contribution >= 4 is 11.8 Å². The molecule has 4 heteroatoms. The smallest absolute Gasteiger partial charge is 0.320 e. The molecule has 3 saturated heterocycles. The van der Waals surface area contributed by atoms with Gasteiger partial charge in [0.25, 0.3) is 0 Å². The fraction of sp³-hybridized carbons (Fsp3) is 0.833. The van der Waals surface area contributed by atoms with E-state index in [-0.39, 0.29) is 18.1 Å². The third kappa shape index (κ3) is 1.51. The third-order valence-corrected chi connectivity index (χ3v) is 4.14. The number of Topliss-reactive ketones (excluding diaryl/α,β-unsaturated/α-hetero) is 1. The topological polar surface area (TPSA) is 40.6 Å². The lowest BCUT2D eigenvalue weighted by Crippen LogP contribution is -2.51. The molecule has 2 bridgehead atoms. The predicted molar refractivity (Wildman–Crippen MR) is 59.1 cm³/mol. The Bertz CT molecular complexity index is 307. The molecule has 0 aliphatic carbocycles. The van der Waals surface area contributed by atoms with Crippen molar-refractivity contribution in [2.75, 3.05) is 13.1 Å². The molecule has 4 nitrogen and oxygen atoms in total. The number of piperidine rings is 1. The Hall–Kier alpha value is -1.06. The van der Waals surface area contributed by atoms with Crippen molar-refractivity contribution in [2.24, 2.45) is 0 Å². The minimum absolute atomic E-state index is 0.192. The zero-order valence-corrected chi connectivity index (χ0v) is 9.52. The number of hydrogen-bond donors (Lipinski definition) is 0. The number of rotatable bonds is 0. The average molecular weight is 222 g/mol. The molecule has 2 unspecified atom stereocenters. The summed E-state index contributed by atoms with van der Waals surface area (Å²) >= 11 is 0. The predicted octanol–water partition coefficient (Wildman–Crippen LogP) is 1.40. The van der Waals surface area contributed by atoms with Crippen molar-refractivity contribution in [3.63, 3.8) is 0 Å². The maximum atomic E-state index is 12.3. The van der Waals surface area contributed by atoms with Crippen LogP contribution < -0.4 is 0 Å². The van der Waals surface area contributed by atoms with Gasteiger partial charge in [0.05, 0.1) is 0 Å². The van der Waals surface area contributed by atoms with E-state index in [1.807, 2.05) is 9.80 Å². The number of nitrogens with zero attached hydrogens (tertiary/aromatic N) is 2. The fourth-order valence-corrected chi connectivity index (χ4v) is 3.35. The number of carbonyl (C=O) groups is 2. The summed E-state index contributed by atoms with van der Waals surface area (Å²) in [4.78, 5) is 27.7. The van der Waals surface area contributed by atoms with E-state index >= 15 is 0 Å². The van der Waals surface area contributed by atoms with Crippen LogP contribution in [0.2, 0.25) is 0 Å². The highest BCUT2D eigenvalue weighted by atomic mass is 16.2. The molecule has 3 heterocycles. The van der Waals surface area contributed by atoms with Crippen LogP contribution in [0.3, 0.4) is 0 Å². The molecule has 3 fully saturated rings. The lowest BCUT2D eigenvalue weighted by Gasteiger charge is -2.36. The van der Waals surface area contributed by atoms with Crippen LogP contribution in [0.25, 0.3) is 0 Å². The molecule has 3 aliphatic rings. The van der Waals surface area contributed by atoms with Gasteiger partial charge in [0, 0.05) is 38.0 Å². The molecule has 0 aromatic rings. The second-order valence-electron chi connectivity index (χ2n) is 5.22. The van der Waals surface area contributed by atoms with Gasteiger partial charge in [0.2, 0.25) is 0 Å². The van der Waals surface area contributed by atoms with Crippen molar-refractivity contribution in [1.29, 1.82) is 0 Å². The summed E-state index contributed by atoms with van der Waals surface area (Å²) in [6.45, 7) is 1.81. The van der Waals surface area contributed by atoms with E-state index in [1.165, 1.54) is 0 Å². The molecule has 0 saturated carbocycles. The van der Waals surface area contributed by atoms with Crippen LogP contribution in [0.1, 0.15) is 38.5 Å². The van der Waals surface area contributed by atoms with E-state index in [2.05, 4.69) is 0 Å². The molecule has 16 heavy (non-hydrogen) atoms. The van der Waals surface area contributed by atoms with Gasteiger partial charge in [0.15, 0.2) is 0 Å². The van der Waals surface area contributed by atoms with E-state index in [9.17, 15) is 9.59 Å². The summed E-state index contributed by atoms with van der Waals surface area (Å²) in [5, 5.41) is 0. The summed E-state index contributed by atoms with van der Waals surface area (Å²) in [5.74, 6) is 0.345. The minimum atomic E-state index is 0.192. The van der Waals surface area contributed by atoms with Crippen molar-refractivity contribution in [3.05, 3.63) is 0 Å². The lowest BCUT2D eigenvalue weighted by molar-refractivity contribution is -0.122. The first-order valence-electron chi connectivity index (χ1n) is 6.34. The van der Waals surface area contributed by atoms with E-state index < -0.39 is 0 Å². The molecular formula is C12H18N2O2.